The molecule has 7 nitrogen and oxygen atoms in total. The van der Waals surface area contributed by atoms with Gasteiger partial charge in [0.1, 0.15) is 12.6 Å². The molecule has 0 aliphatic rings. The molecule has 0 unspecified atom stereocenters. The SMILES string of the molecule is CNC(=O)[C@H](C)N(Cc1ccc(Br)cc1)C(=O)CN(c1cccc(Cl)c1)S(=O)(=O)c1ccc(C)cc1. The molecular formula is C26H27BrClN3O4S. The number of anilines is 1. The summed E-state index contributed by atoms with van der Waals surface area (Å²) in [6.07, 6.45) is 0. The molecule has 10 heteroatoms. The van der Waals surface area contributed by atoms with E-state index in [1.165, 1.54) is 30.1 Å². The Hall–Kier alpha value is -2.88. The smallest absolute Gasteiger partial charge is 0.264 e. The summed E-state index contributed by atoms with van der Waals surface area (Å²) >= 11 is 9.55. The average molecular weight is 593 g/mol. The van der Waals surface area contributed by atoms with Crippen LogP contribution < -0.4 is 9.62 Å². The van der Waals surface area contributed by atoms with Crippen LogP contribution >= 0.6 is 27.5 Å². The van der Waals surface area contributed by atoms with Gasteiger partial charge in [0, 0.05) is 23.1 Å². The lowest BCUT2D eigenvalue weighted by Gasteiger charge is -2.31. The summed E-state index contributed by atoms with van der Waals surface area (Å²) in [5.41, 5.74) is 1.94. The molecule has 0 fully saturated rings. The molecule has 0 spiro atoms. The highest BCUT2D eigenvalue weighted by Gasteiger charge is 2.32. The van der Waals surface area contributed by atoms with Crippen LogP contribution in [-0.2, 0) is 26.2 Å². The largest absolute Gasteiger partial charge is 0.357 e. The second-order valence-corrected chi connectivity index (χ2v) is 11.5. The number of aryl methyl sites for hydroxylation is 1. The first-order valence-electron chi connectivity index (χ1n) is 11.1. The molecule has 0 aliphatic carbocycles. The van der Waals surface area contributed by atoms with Gasteiger partial charge in [-0.05, 0) is 61.9 Å². The van der Waals surface area contributed by atoms with Crippen LogP contribution in [0.3, 0.4) is 0 Å². The summed E-state index contributed by atoms with van der Waals surface area (Å²) < 4.78 is 29.3. The summed E-state index contributed by atoms with van der Waals surface area (Å²) in [5.74, 6) is -0.902. The van der Waals surface area contributed by atoms with Crippen LogP contribution in [-0.4, -0.2) is 44.8 Å². The number of carbonyl (C=O) groups excluding carboxylic acids is 2. The fraction of sp³-hybridized carbons (Fsp3) is 0.231. The Morgan fingerprint density at radius 3 is 2.25 bits per heavy atom. The van der Waals surface area contributed by atoms with E-state index in [-0.39, 0.29) is 23.0 Å². The third-order valence-electron chi connectivity index (χ3n) is 5.66. The first kappa shape index (κ1) is 27.7. The van der Waals surface area contributed by atoms with Gasteiger partial charge >= 0.3 is 0 Å². The van der Waals surface area contributed by atoms with Crippen LogP contribution in [0.5, 0.6) is 0 Å². The van der Waals surface area contributed by atoms with Gasteiger partial charge in [0.15, 0.2) is 0 Å². The summed E-state index contributed by atoms with van der Waals surface area (Å²) in [6, 6.07) is 19.2. The maximum atomic E-state index is 13.7. The Labute approximate surface area is 225 Å². The Bertz CT molecular complexity index is 1330. The third kappa shape index (κ3) is 6.66. The normalized spacial score (nSPS) is 12.0. The van der Waals surface area contributed by atoms with Gasteiger partial charge in [-0.2, -0.15) is 0 Å². The Kier molecular flexibility index (Phi) is 9.16. The molecule has 190 valence electrons. The molecule has 3 aromatic carbocycles. The molecule has 2 amide bonds. The lowest BCUT2D eigenvalue weighted by atomic mass is 10.1. The molecule has 36 heavy (non-hydrogen) atoms. The van der Waals surface area contributed by atoms with Crippen LogP contribution in [0, 0.1) is 6.92 Å². The zero-order chi connectivity index (χ0) is 26.5. The maximum absolute atomic E-state index is 13.7. The fourth-order valence-corrected chi connectivity index (χ4v) is 5.43. The molecule has 0 saturated carbocycles. The minimum atomic E-state index is -4.13. The van der Waals surface area contributed by atoms with Crippen molar-refractivity contribution in [3.8, 4) is 0 Å². The van der Waals surface area contributed by atoms with Gasteiger partial charge in [0.2, 0.25) is 11.8 Å². The number of benzene rings is 3. The van der Waals surface area contributed by atoms with Gasteiger partial charge in [-0.3, -0.25) is 13.9 Å². The van der Waals surface area contributed by atoms with Gasteiger partial charge in [0.05, 0.1) is 10.6 Å². The minimum Gasteiger partial charge on any atom is -0.357 e. The molecule has 0 aromatic heterocycles. The Balaban J connectivity index is 2.02. The van der Waals surface area contributed by atoms with Crippen LogP contribution in [0.4, 0.5) is 5.69 Å². The molecule has 1 atom stereocenters. The van der Waals surface area contributed by atoms with Crippen molar-refractivity contribution in [3.63, 3.8) is 0 Å². The number of nitrogens with one attached hydrogen (secondary N) is 1. The Morgan fingerprint density at radius 1 is 1.03 bits per heavy atom. The zero-order valence-corrected chi connectivity index (χ0v) is 23.3. The second kappa shape index (κ2) is 11.9. The van der Waals surface area contributed by atoms with E-state index < -0.39 is 28.5 Å². The van der Waals surface area contributed by atoms with Crippen molar-refractivity contribution >= 4 is 55.1 Å². The number of halogens is 2. The van der Waals surface area contributed by atoms with Gasteiger partial charge in [-0.15, -0.1) is 0 Å². The Morgan fingerprint density at radius 2 is 1.67 bits per heavy atom. The highest BCUT2D eigenvalue weighted by molar-refractivity contribution is 9.10. The first-order valence-corrected chi connectivity index (χ1v) is 13.7. The number of amides is 2. The number of hydrogen-bond acceptors (Lipinski definition) is 4. The van der Waals surface area contributed by atoms with E-state index in [9.17, 15) is 18.0 Å². The van der Waals surface area contributed by atoms with Crippen LogP contribution in [0.15, 0.2) is 82.2 Å². The summed E-state index contributed by atoms with van der Waals surface area (Å²) in [5, 5.41) is 2.89. The van der Waals surface area contributed by atoms with Gasteiger partial charge in [-0.1, -0.05) is 63.4 Å². The van der Waals surface area contributed by atoms with E-state index in [4.69, 9.17) is 11.6 Å². The van der Waals surface area contributed by atoms with Crippen molar-refractivity contribution in [1.29, 1.82) is 0 Å². The van der Waals surface area contributed by atoms with Crippen LogP contribution in [0.25, 0.3) is 0 Å². The van der Waals surface area contributed by atoms with Gasteiger partial charge in [-0.25, -0.2) is 8.42 Å². The quantitative estimate of drug-likeness (QED) is 0.388. The number of carbonyl (C=O) groups is 2. The lowest BCUT2D eigenvalue weighted by Crippen LogP contribution is -2.50. The predicted molar refractivity (Wildman–Crippen MR) is 145 cm³/mol. The maximum Gasteiger partial charge on any atom is 0.264 e. The van der Waals surface area contributed by atoms with Crippen LogP contribution in [0.2, 0.25) is 5.02 Å². The van der Waals surface area contributed by atoms with Crippen LogP contribution in [0.1, 0.15) is 18.1 Å². The number of nitrogens with zero attached hydrogens (tertiary/aromatic N) is 2. The number of hydrogen-bond donors (Lipinski definition) is 1. The number of rotatable bonds is 9. The fourth-order valence-electron chi connectivity index (χ4n) is 3.58. The highest BCUT2D eigenvalue weighted by atomic mass is 79.9. The average Bonchev–Trinajstić information content (AvgIpc) is 2.86. The van der Waals surface area contributed by atoms with Gasteiger partial charge in [0.25, 0.3) is 10.0 Å². The van der Waals surface area contributed by atoms with E-state index in [1.807, 2.05) is 31.2 Å². The summed E-state index contributed by atoms with van der Waals surface area (Å²) in [6.45, 7) is 3.06. The van der Waals surface area contributed by atoms with Crippen molar-refractivity contribution in [2.24, 2.45) is 0 Å². The summed E-state index contributed by atoms with van der Waals surface area (Å²) in [7, 11) is -2.64. The second-order valence-electron chi connectivity index (χ2n) is 8.24. The predicted octanol–water partition coefficient (Wildman–Crippen LogP) is 4.77. The van der Waals surface area contributed by atoms with E-state index in [0.29, 0.717) is 5.02 Å². The molecule has 3 rings (SSSR count). The monoisotopic (exact) mass is 591 g/mol. The zero-order valence-electron chi connectivity index (χ0n) is 20.1. The van der Waals surface area contributed by atoms with E-state index >= 15 is 0 Å². The molecule has 1 N–H and O–H groups in total. The van der Waals surface area contributed by atoms with E-state index in [0.717, 1.165) is 19.9 Å². The molecular weight excluding hydrogens is 566 g/mol. The summed E-state index contributed by atoms with van der Waals surface area (Å²) in [4.78, 5) is 27.6. The van der Waals surface area contributed by atoms with Crippen molar-refractivity contribution in [2.75, 3.05) is 17.9 Å². The standard InChI is InChI=1S/C26H27BrClN3O4S/c1-18-7-13-24(14-8-18)36(34,35)31(23-6-4-5-22(28)15-23)17-25(32)30(19(2)26(33)29-3)16-20-9-11-21(27)12-10-20/h4-15,19H,16-17H2,1-3H3,(H,29,33)/t19-/m0/s1. The molecule has 0 saturated heterocycles. The molecule has 0 radical (unpaired) electrons. The molecule has 0 bridgehead atoms. The third-order valence-corrected chi connectivity index (χ3v) is 8.22. The first-order chi connectivity index (χ1) is 17.0. The van der Waals surface area contributed by atoms with Crippen molar-refractivity contribution in [2.45, 2.75) is 31.3 Å². The van der Waals surface area contributed by atoms with Crippen molar-refractivity contribution in [3.05, 3.63) is 93.4 Å². The highest BCUT2D eigenvalue weighted by Crippen LogP contribution is 2.27. The molecule has 0 heterocycles. The minimum absolute atomic E-state index is 0.0414. The topological polar surface area (TPSA) is 86.8 Å². The van der Waals surface area contributed by atoms with E-state index in [2.05, 4.69) is 21.2 Å². The lowest BCUT2D eigenvalue weighted by molar-refractivity contribution is -0.139. The van der Waals surface area contributed by atoms with Crippen molar-refractivity contribution in [1.82, 2.24) is 10.2 Å². The van der Waals surface area contributed by atoms with E-state index in [1.54, 1.807) is 37.3 Å². The van der Waals surface area contributed by atoms with Crippen molar-refractivity contribution < 1.29 is 18.0 Å². The van der Waals surface area contributed by atoms with Gasteiger partial charge < -0.3 is 10.2 Å². The number of likely N-dealkylation sites (N-methyl/N-ethyl adjacent to an activating group) is 1. The number of sulfonamides is 1. The molecule has 0 aliphatic heterocycles. The molecule has 3 aromatic rings.